The van der Waals surface area contributed by atoms with Crippen molar-refractivity contribution in [2.45, 2.75) is 0 Å². The van der Waals surface area contributed by atoms with E-state index in [-0.39, 0.29) is 17.0 Å². The predicted molar refractivity (Wildman–Crippen MR) is 106 cm³/mol. The van der Waals surface area contributed by atoms with Crippen LogP contribution in [0.4, 0.5) is 11.4 Å². The Labute approximate surface area is 156 Å². The van der Waals surface area contributed by atoms with Gasteiger partial charge in [0.05, 0.1) is 0 Å². The van der Waals surface area contributed by atoms with Crippen LogP contribution >= 0.6 is 0 Å². The molecule has 0 atom stereocenters. The van der Waals surface area contributed by atoms with Gasteiger partial charge in [0.1, 0.15) is 11.2 Å². The van der Waals surface area contributed by atoms with Crippen LogP contribution in [0.3, 0.4) is 0 Å². The van der Waals surface area contributed by atoms with E-state index in [1.807, 2.05) is 66.7 Å². The Morgan fingerprint density at radius 3 is 2.07 bits per heavy atom. The summed E-state index contributed by atoms with van der Waals surface area (Å²) in [6.45, 7) is 0. The lowest BCUT2D eigenvalue weighted by molar-refractivity contribution is 0.0997. The van der Waals surface area contributed by atoms with E-state index in [9.17, 15) is 9.59 Å². The maximum atomic E-state index is 13.5. The molecule has 0 aliphatic carbocycles. The number of hydrogen-bond acceptors (Lipinski definition) is 3. The molecule has 0 fully saturated rings. The molecule has 27 heavy (non-hydrogen) atoms. The van der Waals surface area contributed by atoms with E-state index in [4.69, 9.17) is 0 Å². The second-order valence-corrected chi connectivity index (χ2v) is 6.15. The summed E-state index contributed by atoms with van der Waals surface area (Å²) < 4.78 is 1.41. The Bertz CT molecular complexity index is 1130. The van der Waals surface area contributed by atoms with Crippen LogP contribution in [-0.4, -0.2) is 15.5 Å². The number of carbonyl (C=O) groups is 1. The van der Waals surface area contributed by atoms with Gasteiger partial charge in [-0.15, -0.1) is 0 Å². The highest BCUT2D eigenvalue weighted by Gasteiger charge is 2.23. The predicted octanol–water partition coefficient (Wildman–Crippen LogP) is 3.91. The molecule has 2 aromatic heterocycles. The number of benzene rings is 2. The third-order valence-electron chi connectivity index (χ3n) is 4.43. The van der Waals surface area contributed by atoms with Gasteiger partial charge in [0.2, 0.25) is 0 Å². The van der Waals surface area contributed by atoms with Crippen LogP contribution < -0.4 is 10.5 Å². The number of carbonyl (C=O) groups excluding carboxylic acids is 1. The molecular weight excluding hydrogens is 338 g/mol. The molecule has 2 heterocycles. The molecule has 2 aromatic carbocycles. The number of rotatable bonds is 3. The third kappa shape index (κ3) is 3.00. The zero-order chi connectivity index (χ0) is 18.8. The molecule has 0 saturated heterocycles. The molecular formula is C22H17N3O2. The topological polar surface area (TPSA) is 55.2 Å². The van der Waals surface area contributed by atoms with Gasteiger partial charge in [0.15, 0.2) is 0 Å². The number of anilines is 2. The molecule has 0 aliphatic rings. The van der Waals surface area contributed by atoms with Crippen LogP contribution in [0.5, 0.6) is 0 Å². The summed E-state index contributed by atoms with van der Waals surface area (Å²) in [7, 11) is 1.63. The lowest BCUT2D eigenvalue weighted by atomic mass is 10.1. The van der Waals surface area contributed by atoms with Gasteiger partial charge in [-0.25, -0.2) is 4.98 Å². The summed E-state index contributed by atoms with van der Waals surface area (Å²) in [5.41, 5.74) is 1.67. The number of aromatic nitrogens is 2. The number of nitrogens with zero attached hydrogens (tertiary/aromatic N) is 3. The van der Waals surface area contributed by atoms with Crippen molar-refractivity contribution in [3.8, 4) is 0 Å². The molecule has 4 aromatic rings. The monoisotopic (exact) mass is 355 g/mol. The number of aryl methyl sites for hydroxylation is 1. The first-order valence-electron chi connectivity index (χ1n) is 8.56. The highest BCUT2D eigenvalue weighted by Crippen LogP contribution is 2.27. The summed E-state index contributed by atoms with van der Waals surface area (Å²) >= 11 is 0. The summed E-state index contributed by atoms with van der Waals surface area (Å²) in [6, 6.07) is 23.8. The van der Waals surface area contributed by atoms with Gasteiger partial charge < -0.3 is 0 Å². The standard InChI is InChI=1S/C22H17N3O2/c1-24-20-16(9-8-14-23-20)15-19(21(24)26)22(27)25(17-10-4-2-5-11-17)18-12-6-3-7-13-18/h2-15H,1H3. The van der Waals surface area contributed by atoms with Gasteiger partial charge in [-0.1, -0.05) is 36.4 Å². The van der Waals surface area contributed by atoms with E-state index in [2.05, 4.69) is 4.98 Å². The molecule has 4 rings (SSSR count). The number of amides is 1. The first kappa shape index (κ1) is 16.7. The van der Waals surface area contributed by atoms with Gasteiger partial charge >= 0.3 is 0 Å². The summed E-state index contributed by atoms with van der Waals surface area (Å²) in [5, 5.41) is 0.740. The lowest BCUT2D eigenvalue weighted by Gasteiger charge is -2.23. The molecule has 5 nitrogen and oxygen atoms in total. The van der Waals surface area contributed by atoms with Crippen LogP contribution in [0.1, 0.15) is 10.4 Å². The number of pyridine rings is 2. The number of hydrogen-bond donors (Lipinski definition) is 0. The average Bonchev–Trinajstić information content (AvgIpc) is 2.72. The van der Waals surface area contributed by atoms with Crippen molar-refractivity contribution in [2.75, 3.05) is 4.90 Å². The van der Waals surface area contributed by atoms with Crippen LogP contribution in [0.2, 0.25) is 0 Å². The van der Waals surface area contributed by atoms with Crippen molar-refractivity contribution in [1.82, 2.24) is 9.55 Å². The van der Waals surface area contributed by atoms with Crippen molar-refractivity contribution < 1.29 is 4.79 Å². The maximum Gasteiger partial charge on any atom is 0.268 e. The van der Waals surface area contributed by atoms with E-state index in [0.717, 1.165) is 5.39 Å². The smallest absolute Gasteiger partial charge is 0.268 e. The van der Waals surface area contributed by atoms with E-state index >= 15 is 0 Å². The van der Waals surface area contributed by atoms with Gasteiger partial charge in [0.25, 0.3) is 11.5 Å². The van der Waals surface area contributed by atoms with Crippen molar-refractivity contribution in [1.29, 1.82) is 0 Å². The van der Waals surface area contributed by atoms with Gasteiger partial charge in [0, 0.05) is 30.0 Å². The van der Waals surface area contributed by atoms with Crippen molar-refractivity contribution in [3.05, 3.63) is 101 Å². The minimum Gasteiger partial charge on any atom is -0.295 e. The molecule has 1 amide bonds. The normalized spacial score (nSPS) is 10.7. The largest absolute Gasteiger partial charge is 0.295 e. The molecule has 5 heteroatoms. The zero-order valence-corrected chi connectivity index (χ0v) is 14.7. The first-order chi connectivity index (χ1) is 13.2. The van der Waals surface area contributed by atoms with Gasteiger partial charge in [-0.2, -0.15) is 0 Å². The second-order valence-electron chi connectivity index (χ2n) is 6.15. The Morgan fingerprint density at radius 2 is 1.48 bits per heavy atom. The Balaban J connectivity index is 1.92. The maximum absolute atomic E-state index is 13.5. The molecule has 0 bridgehead atoms. The Hall–Kier alpha value is -3.73. The summed E-state index contributed by atoms with van der Waals surface area (Å²) in [6.07, 6.45) is 1.63. The highest BCUT2D eigenvalue weighted by molar-refractivity contribution is 6.11. The molecule has 0 saturated carbocycles. The van der Waals surface area contributed by atoms with E-state index in [1.165, 1.54) is 4.57 Å². The number of para-hydroxylation sites is 2. The van der Waals surface area contributed by atoms with Crippen LogP contribution in [-0.2, 0) is 7.05 Å². The highest BCUT2D eigenvalue weighted by atomic mass is 16.2. The van der Waals surface area contributed by atoms with Crippen molar-refractivity contribution >= 4 is 28.3 Å². The van der Waals surface area contributed by atoms with Crippen LogP contribution in [0, 0.1) is 0 Å². The first-order valence-corrected chi connectivity index (χ1v) is 8.56. The number of fused-ring (bicyclic) bond motifs is 1. The van der Waals surface area contributed by atoms with Crippen LogP contribution in [0.25, 0.3) is 11.0 Å². The van der Waals surface area contributed by atoms with Gasteiger partial charge in [-0.05, 0) is 42.5 Å². The van der Waals surface area contributed by atoms with E-state index < -0.39 is 0 Å². The summed E-state index contributed by atoms with van der Waals surface area (Å²) in [4.78, 5) is 32.1. The van der Waals surface area contributed by atoms with Crippen molar-refractivity contribution in [2.24, 2.45) is 7.05 Å². The lowest BCUT2D eigenvalue weighted by Crippen LogP contribution is -2.33. The Kier molecular flexibility index (Phi) is 4.26. The summed E-state index contributed by atoms with van der Waals surface area (Å²) in [5.74, 6) is -0.376. The fourth-order valence-electron chi connectivity index (χ4n) is 3.11. The van der Waals surface area contributed by atoms with E-state index in [0.29, 0.717) is 17.0 Å². The molecule has 132 valence electrons. The Morgan fingerprint density at radius 1 is 0.889 bits per heavy atom. The fraction of sp³-hybridized carbons (Fsp3) is 0.0455. The van der Waals surface area contributed by atoms with Gasteiger partial charge in [-0.3, -0.25) is 19.1 Å². The molecule has 0 unspecified atom stereocenters. The molecule has 0 radical (unpaired) electrons. The van der Waals surface area contributed by atoms with Crippen molar-refractivity contribution in [3.63, 3.8) is 0 Å². The van der Waals surface area contributed by atoms with E-state index in [1.54, 1.807) is 30.3 Å². The SMILES string of the molecule is Cn1c(=O)c(C(=O)N(c2ccccc2)c2ccccc2)cc2cccnc21. The molecule has 0 spiro atoms. The zero-order valence-electron chi connectivity index (χ0n) is 14.7. The second kappa shape index (κ2) is 6.88. The third-order valence-corrected chi connectivity index (χ3v) is 4.43. The van der Waals surface area contributed by atoms with Crippen LogP contribution in [0.15, 0.2) is 89.9 Å². The fourth-order valence-corrected chi connectivity index (χ4v) is 3.11. The average molecular weight is 355 g/mol. The molecule has 0 N–H and O–H groups in total. The minimum atomic E-state index is -0.376. The molecule has 0 aliphatic heterocycles. The minimum absolute atomic E-state index is 0.103. The quantitative estimate of drug-likeness (QED) is 0.560.